The molecule has 1 unspecified atom stereocenters. The number of likely N-dealkylation sites (tertiary alicyclic amines) is 1. The highest BCUT2D eigenvalue weighted by Gasteiger charge is 2.61. The number of aromatic nitrogens is 2. The van der Waals surface area contributed by atoms with Gasteiger partial charge in [0.25, 0.3) is 0 Å². The lowest BCUT2D eigenvalue weighted by molar-refractivity contribution is -0.146. The van der Waals surface area contributed by atoms with Gasteiger partial charge >= 0.3 is 12.1 Å². The lowest BCUT2D eigenvalue weighted by atomic mass is 9.85. The van der Waals surface area contributed by atoms with Crippen LogP contribution in [0.4, 0.5) is 9.93 Å². The molecule has 1 aliphatic carbocycles. The van der Waals surface area contributed by atoms with Crippen molar-refractivity contribution in [3.8, 4) is 22.9 Å². The second kappa shape index (κ2) is 14.7. The summed E-state index contributed by atoms with van der Waals surface area (Å²) in [4.78, 5) is 64.9. The van der Waals surface area contributed by atoms with Crippen LogP contribution in [0.15, 0.2) is 42.3 Å². The molecule has 2 fully saturated rings. The fourth-order valence-electron chi connectivity index (χ4n) is 6.41. The van der Waals surface area contributed by atoms with Gasteiger partial charge in [-0.05, 0) is 65.5 Å². The van der Waals surface area contributed by atoms with Crippen LogP contribution in [0.25, 0.3) is 22.3 Å². The van der Waals surface area contributed by atoms with Gasteiger partial charge in [-0.15, -0.1) is 17.9 Å². The molecule has 0 radical (unpaired) electrons. The fraction of sp³-hybridized carbons (Fsp3) is 0.538. The third-order valence-electron chi connectivity index (χ3n) is 9.17. The number of hydrogen-bond acceptors (Lipinski definition) is 11. The second-order valence-electron chi connectivity index (χ2n) is 17.0. The summed E-state index contributed by atoms with van der Waals surface area (Å²) in [6.45, 7) is 20.4. The first-order valence-electron chi connectivity index (χ1n) is 17.9. The number of fused-ring (bicyclic) bond motifs is 1. The molecule has 2 aromatic heterocycles. The van der Waals surface area contributed by atoms with E-state index in [2.05, 4.69) is 22.5 Å². The Kier molecular flexibility index (Phi) is 11.0. The average molecular weight is 765 g/mol. The Labute approximate surface area is 320 Å². The van der Waals surface area contributed by atoms with Crippen LogP contribution in [0, 0.1) is 11.3 Å². The summed E-state index contributed by atoms with van der Waals surface area (Å²) >= 11 is 1.45. The quantitative estimate of drug-likeness (QED) is 0.168. The molecule has 3 amide bonds. The van der Waals surface area contributed by atoms with Crippen LogP contribution in [0.3, 0.4) is 0 Å². The third kappa shape index (κ3) is 9.05. The molecule has 5 rings (SSSR count). The number of ether oxygens (including phenoxy) is 3. The lowest BCUT2D eigenvalue weighted by Gasteiger charge is -2.35. The van der Waals surface area contributed by atoms with Crippen molar-refractivity contribution in [3.05, 3.63) is 42.3 Å². The minimum atomic E-state index is -1.52. The van der Waals surface area contributed by atoms with E-state index in [0.29, 0.717) is 33.8 Å². The van der Waals surface area contributed by atoms with Crippen molar-refractivity contribution in [1.29, 1.82) is 0 Å². The molecule has 1 aromatic carbocycles. The van der Waals surface area contributed by atoms with Gasteiger partial charge in [0.2, 0.25) is 11.8 Å². The van der Waals surface area contributed by atoms with E-state index in [4.69, 9.17) is 24.2 Å². The number of carboxylic acids is 1. The van der Waals surface area contributed by atoms with Crippen molar-refractivity contribution in [1.82, 2.24) is 25.5 Å². The van der Waals surface area contributed by atoms with Crippen LogP contribution >= 0.6 is 11.3 Å². The number of nitrogens with one attached hydrogen (secondary N) is 3. The summed E-state index contributed by atoms with van der Waals surface area (Å²) in [6, 6.07) is 4.98. The first-order chi connectivity index (χ1) is 25.0. The Morgan fingerprint density at radius 2 is 1.76 bits per heavy atom. The topological polar surface area (TPSA) is 181 Å². The number of anilines is 1. The maximum atomic E-state index is 14.5. The van der Waals surface area contributed by atoms with Crippen molar-refractivity contribution in [3.63, 3.8) is 0 Å². The second-order valence-corrected chi connectivity index (χ2v) is 17.9. The van der Waals surface area contributed by atoms with Crippen LogP contribution < -0.4 is 25.4 Å². The molecular formula is C39H52N6O8S. The van der Waals surface area contributed by atoms with Gasteiger partial charge in [0, 0.05) is 40.8 Å². The largest absolute Gasteiger partial charge is 0.497 e. The normalized spacial score (nSPS) is 21.9. The summed E-state index contributed by atoms with van der Waals surface area (Å²) in [5, 5.41) is 22.2. The standard InChI is InChI=1S/C39H52N6O8S/c1-12-21-18-39(21,33(48)49)43-31(46)28-16-23(19-45(28)32(47)30(36(2,3)4)42-35(50)53-38(8,9)10)52-29-17-26(27-20-54-34(41-27)44-37(5,6)7)40-25-15-22(51-11)13-14-24(25)29/h12-15,17,20-21,23,28,30H,1,16,18-19H2,2-11H3,(H,41,44)(H,42,50)(H,43,46)(H,48,49)/t21-,23+,28-,30+,39?/m0/s1. The van der Waals surface area contributed by atoms with Gasteiger partial charge in [0.05, 0.1) is 24.9 Å². The third-order valence-corrected chi connectivity index (χ3v) is 9.93. The van der Waals surface area contributed by atoms with E-state index in [1.54, 1.807) is 66.9 Å². The highest BCUT2D eigenvalue weighted by atomic mass is 32.1. The van der Waals surface area contributed by atoms with E-state index in [1.807, 2.05) is 32.2 Å². The summed E-state index contributed by atoms with van der Waals surface area (Å²) < 4.78 is 17.6. The first kappa shape index (κ1) is 40.3. The number of carbonyl (C=O) groups is 4. The number of methoxy groups -OCH3 is 1. The van der Waals surface area contributed by atoms with Crippen LogP contribution in [-0.2, 0) is 19.1 Å². The highest BCUT2D eigenvalue weighted by Crippen LogP contribution is 2.45. The van der Waals surface area contributed by atoms with Crippen molar-refractivity contribution in [2.75, 3.05) is 19.0 Å². The number of thiazole rings is 1. The number of aliphatic carboxylic acids is 1. The molecule has 3 aromatic rings. The SMILES string of the molecule is C=C[C@H]1CC1(NC(=O)[C@@H]1C[C@@H](Oc2cc(-c3csc(NC(C)(C)C)n3)nc3cc(OC)ccc23)CN1C(=O)[C@@H](NC(=O)OC(C)(C)C)C(C)(C)C)C(=O)O. The number of alkyl carbamates (subject to hydrolysis) is 1. The van der Waals surface area contributed by atoms with Crippen molar-refractivity contribution < 1.29 is 38.5 Å². The average Bonchev–Trinajstić information content (AvgIpc) is 3.34. The maximum absolute atomic E-state index is 14.5. The smallest absolute Gasteiger partial charge is 0.408 e. The molecule has 15 heteroatoms. The summed E-state index contributed by atoms with van der Waals surface area (Å²) in [7, 11) is 1.57. The molecule has 0 spiro atoms. The monoisotopic (exact) mass is 764 g/mol. The molecule has 1 saturated carbocycles. The van der Waals surface area contributed by atoms with Gasteiger partial charge in [0.15, 0.2) is 5.13 Å². The molecule has 5 atom stereocenters. The van der Waals surface area contributed by atoms with Crippen LogP contribution in [0.5, 0.6) is 11.5 Å². The maximum Gasteiger partial charge on any atom is 0.408 e. The molecule has 14 nitrogen and oxygen atoms in total. The number of rotatable bonds is 11. The van der Waals surface area contributed by atoms with Gasteiger partial charge in [-0.2, -0.15) is 0 Å². The van der Waals surface area contributed by atoms with Crippen LogP contribution in [0.2, 0.25) is 0 Å². The lowest BCUT2D eigenvalue weighted by Crippen LogP contribution is -2.59. The summed E-state index contributed by atoms with van der Waals surface area (Å²) in [5.41, 5.74) is -1.58. The summed E-state index contributed by atoms with van der Waals surface area (Å²) in [5.74, 6) is -1.78. The van der Waals surface area contributed by atoms with Gasteiger partial charge in [-0.3, -0.25) is 9.59 Å². The van der Waals surface area contributed by atoms with Crippen LogP contribution in [-0.4, -0.2) is 92.4 Å². The molecule has 2 aliphatic rings. The number of hydrogen-bond donors (Lipinski definition) is 4. The van der Waals surface area contributed by atoms with Crippen molar-refractivity contribution >= 4 is 51.2 Å². The summed E-state index contributed by atoms with van der Waals surface area (Å²) in [6.07, 6.45) is 0.234. The van der Waals surface area contributed by atoms with Gasteiger partial charge in [-0.25, -0.2) is 19.6 Å². The predicted molar refractivity (Wildman–Crippen MR) is 207 cm³/mol. The zero-order valence-electron chi connectivity index (χ0n) is 32.7. The number of pyridine rings is 1. The van der Waals surface area contributed by atoms with E-state index in [0.717, 1.165) is 5.13 Å². The Balaban J connectivity index is 1.51. The molecule has 1 saturated heterocycles. The molecule has 1 aliphatic heterocycles. The highest BCUT2D eigenvalue weighted by molar-refractivity contribution is 7.14. The number of amides is 3. The van der Waals surface area contributed by atoms with Crippen molar-refractivity contribution in [2.45, 2.75) is 110 Å². The molecule has 54 heavy (non-hydrogen) atoms. The van der Waals surface area contributed by atoms with Gasteiger partial charge in [-0.1, -0.05) is 26.8 Å². The number of carboxylic acid groups (broad SMARTS) is 1. The van der Waals surface area contributed by atoms with E-state index < -0.39 is 64.5 Å². The van der Waals surface area contributed by atoms with Crippen LogP contribution in [0.1, 0.15) is 75.2 Å². The predicted octanol–water partition coefficient (Wildman–Crippen LogP) is 6.01. The first-order valence-corrected chi connectivity index (χ1v) is 18.8. The van der Waals surface area contributed by atoms with Crippen molar-refractivity contribution in [2.24, 2.45) is 11.3 Å². The molecule has 292 valence electrons. The minimum Gasteiger partial charge on any atom is -0.497 e. The minimum absolute atomic E-state index is 0.0316. The fourth-order valence-corrected chi connectivity index (χ4v) is 7.33. The number of benzene rings is 1. The zero-order valence-corrected chi connectivity index (χ0v) is 33.5. The van der Waals surface area contributed by atoms with E-state index >= 15 is 0 Å². The van der Waals surface area contributed by atoms with Gasteiger partial charge < -0.3 is 40.2 Å². The molecular weight excluding hydrogens is 713 g/mol. The molecule has 4 N–H and O–H groups in total. The Hall–Kier alpha value is -4.92. The van der Waals surface area contributed by atoms with Gasteiger partial charge in [0.1, 0.15) is 46.5 Å². The zero-order chi connectivity index (χ0) is 40.0. The Bertz CT molecular complexity index is 1940. The number of carbonyl (C=O) groups excluding carboxylic acids is 3. The van der Waals surface area contributed by atoms with E-state index in [9.17, 15) is 24.3 Å². The Morgan fingerprint density at radius 3 is 2.33 bits per heavy atom. The van der Waals surface area contributed by atoms with E-state index in [1.165, 1.54) is 22.3 Å². The number of nitrogens with zero attached hydrogens (tertiary/aromatic N) is 3. The Morgan fingerprint density at radius 1 is 1.06 bits per heavy atom. The molecule has 3 heterocycles. The molecule has 0 bridgehead atoms. The van der Waals surface area contributed by atoms with E-state index in [-0.39, 0.29) is 24.9 Å².